The lowest BCUT2D eigenvalue weighted by Crippen LogP contribution is -1.68. The second-order valence-corrected chi connectivity index (χ2v) is 5.69. The van der Waals surface area contributed by atoms with Crippen LogP contribution in [0.25, 0.3) is 0 Å². The van der Waals surface area contributed by atoms with Crippen molar-refractivity contribution < 1.29 is 0 Å². The van der Waals surface area contributed by atoms with Gasteiger partial charge in [-0.05, 0) is 39.2 Å². The molecule has 0 bridgehead atoms. The molecule has 0 N–H and O–H groups in total. The van der Waals surface area contributed by atoms with Gasteiger partial charge in [-0.2, -0.15) is 4.37 Å². The van der Waals surface area contributed by atoms with Gasteiger partial charge >= 0.3 is 0 Å². The summed E-state index contributed by atoms with van der Waals surface area (Å²) < 4.78 is 6.69. The van der Waals surface area contributed by atoms with E-state index in [9.17, 15) is 0 Å². The molecular formula is C5H2BrN3S3. The van der Waals surface area contributed by atoms with Crippen molar-refractivity contribution in [1.82, 2.24) is 14.3 Å². The molecule has 0 radical (unpaired) electrons. The molecule has 62 valence electrons. The van der Waals surface area contributed by atoms with Crippen LogP contribution in [-0.2, 0) is 0 Å². The van der Waals surface area contributed by atoms with Crippen molar-refractivity contribution in [2.75, 3.05) is 0 Å². The highest BCUT2D eigenvalue weighted by atomic mass is 79.9. The summed E-state index contributed by atoms with van der Waals surface area (Å²) in [6.07, 6.45) is 1.55. The molecule has 3 nitrogen and oxygen atoms in total. The average Bonchev–Trinajstić information content (AvgIpc) is 2.63. The number of hydrogen-bond donors (Lipinski definition) is 0. The Labute approximate surface area is 89.6 Å². The first-order valence-corrected chi connectivity index (χ1v) is 6.16. The van der Waals surface area contributed by atoms with Crippen molar-refractivity contribution >= 4 is 50.6 Å². The van der Waals surface area contributed by atoms with E-state index in [0.29, 0.717) is 0 Å². The third-order valence-electron chi connectivity index (χ3n) is 0.971. The highest BCUT2D eigenvalue weighted by Crippen LogP contribution is 2.31. The Bertz CT molecular complexity index is 358. The van der Waals surface area contributed by atoms with Gasteiger partial charge < -0.3 is 0 Å². The molecule has 2 heterocycles. The topological polar surface area (TPSA) is 38.7 Å². The van der Waals surface area contributed by atoms with Gasteiger partial charge in [-0.1, -0.05) is 0 Å². The molecule has 0 aliphatic heterocycles. The van der Waals surface area contributed by atoms with Crippen molar-refractivity contribution in [2.45, 2.75) is 8.68 Å². The molecule has 0 spiro atoms. The zero-order valence-electron chi connectivity index (χ0n) is 5.60. The second-order valence-electron chi connectivity index (χ2n) is 1.75. The maximum absolute atomic E-state index is 4.22. The summed E-state index contributed by atoms with van der Waals surface area (Å²) in [4.78, 5) is 8.27. The van der Waals surface area contributed by atoms with Crippen molar-refractivity contribution in [2.24, 2.45) is 0 Å². The van der Waals surface area contributed by atoms with E-state index in [-0.39, 0.29) is 0 Å². The van der Waals surface area contributed by atoms with E-state index >= 15 is 0 Å². The van der Waals surface area contributed by atoms with Crippen molar-refractivity contribution in [3.63, 3.8) is 0 Å². The molecule has 0 amide bonds. The Hall–Kier alpha value is 0.0200. The highest BCUT2D eigenvalue weighted by Gasteiger charge is 2.04. The Morgan fingerprint density at radius 1 is 1.42 bits per heavy atom. The van der Waals surface area contributed by atoms with Gasteiger partial charge in [0.1, 0.15) is 10.9 Å². The maximum atomic E-state index is 4.22. The fourth-order valence-electron chi connectivity index (χ4n) is 0.568. The van der Waals surface area contributed by atoms with Gasteiger partial charge in [0.15, 0.2) is 8.68 Å². The molecule has 2 aromatic rings. The highest BCUT2D eigenvalue weighted by molar-refractivity contribution is 9.10. The van der Waals surface area contributed by atoms with Gasteiger partial charge in [0, 0.05) is 5.38 Å². The summed E-state index contributed by atoms with van der Waals surface area (Å²) in [6.45, 7) is 0. The van der Waals surface area contributed by atoms with Crippen LogP contribution in [0.4, 0.5) is 0 Å². The number of thiazole rings is 1. The minimum absolute atomic E-state index is 0.875. The standard InChI is InChI=1S/C5H2BrN3S3/c6-3-1-10-5(9-3)11-4-7-2-8-12-4/h1-2H. The Kier molecular flexibility index (Phi) is 2.74. The smallest absolute Gasteiger partial charge is 0.176 e. The van der Waals surface area contributed by atoms with E-state index in [4.69, 9.17) is 0 Å². The van der Waals surface area contributed by atoms with Crippen LogP contribution in [0.3, 0.4) is 0 Å². The molecule has 0 aliphatic rings. The predicted octanol–water partition coefficient (Wildman–Crippen LogP) is 2.91. The summed E-state index contributed by atoms with van der Waals surface area (Å²) >= 11 is 7.80. The summed E-state index contributed by atoms with van der Waals surface area (Å²) in [5.41, 5.74) is 0. The predicted molar refractivity (Wildman–Crippen MR) is 53.8 cm³/mol. The summed E-state index contributed by atoms with van der Waals surface area (Å²) in [5, 5.41) is 1.95. The number of nitrogens with zero attached hydrogens (tertiary/aromatic N) is 3. The number of rotatable bonds is 2. The van der Waals surface area contributed by atoms with Crippen LogP contribution in [0, 0.1) is 0 Å². The van der Waals surface area contributed by atoms with Crippen molar-refractivity contribution in [3.05, 3.63) is 16.3 Å². The normalized spacial score (nSPS) is 10.4. The molecule has 0 saturated carbocycles. The Balaban J connectivity index is 2.14. The first-order chi connectivity index (χ1) is 5.84. The monoisotopic (exact) mass is 279 g/mol. The number of aromatic nitrogens is 3. The fourth-order valence-corrected chi connectivity index (χ4v) is 3.58. The van der Waals surface area contributed by atoms with E-state index in [0.717, 1.165) is 13.3 Å². The van der Waals surface area contributed by atoms with Gasteiger partial charge in [0.2, 0.25) is 0 Å². The average molecular weight is 280 g/mol. The molecule has 0 fully saturated rings. The van der Waals surface area contributed by atoms with Crippen LogP contribution in [0.2, 0.25) is 0 Å². The third-order valence-corrected chi connectivity index (χ3v) is 4.33. The van der Waals surface area contributed by atoms with Crippen LogP contribution < -0.4 is 0 Å². The van der Waals surface area contributed by atoms with E-state index in [1.165, 1.54) is 23.3 Å². The van der Waals surface area contributed by atoms with Gasteiger partial charge in [0.05, 0.1) is 0 Å². The van der Waals surface area contributed by atoms with Crippen molar-refractivity contribution in [3.8, 4) is 0 Å². The van der Waals surface area contributed by atoms with E-state index in [1.807, 2.05) is 5.38 Å². The van der Waals surface area contributed by atoms with E-state index < -0.39 is 0 Å². The van der Waals surface area contributed by atoms with Crippen LogP contribution >= 0.6 is 50.6 Å². The number of halogens is 1. The third kappa shape index (κ3) is 2.03. The molecular weight excluding hydrogens is 278 g/mol. The lowest BCUT2D eigenvalue weighted by Gasteiger charge is -1.85. The minimum Gasteiger partial charge on any atom is -0.222 e. The molecule has 2 rings (SSSR count). The summed E-state index contributed by atoms with van der Waals surface area (Å²) in [5.74, 6) is 0. The SMILES string of the molecule is Brc1csc(Sc2ncns2)n1. The maximum Gasteiger partial charge on any atom is 0.176 e. The van der Waals surface area contributed by atoms with Crippen LogP contribution in [0.15, 0.2) is 25.0 Å². The second kappa shape index (κ2) is 3.82. The van der Waals surface area contributed by atoms with Crippen molar-refractivity contribution in [1.29, 1.82) is 0 Å². The fraction of sp³-hybridized carbons (Fsp3) is 0. The molecule has 0 saturated heterocycles. The quantitative estimate of drug-likeness (QED) is 0.847. The first-order valence-electron chi connectivity index (χ1n) is 2.90. The summed E-state index contributed by atoms with van der Waals surface area (Å²) in [6, 6.07) is 0. The van der Waals surface area contributed by atoms with Crippen LogP contribution in [-0.4, -0.2) is 14.3 Å². The van der Waals surface area contributed by atoms with Gasteiger partial charge in [0.25, 0.3) is 0 Å². The Morgan fingerprint density at radius 2 is 2.33 bits per heavy atom. The summed E-state index contributed by atoms with van der Waals surface area (Å²) in [7, 11) is 0. The lowest BCUT2D eigenvalue weighted by atomic mass is 11.0. The zero-order valence-corrected chi connectivity index (χ0v) is 9.63. The largest absolute Gasteiger partial charge is 0.222 e. The zero-order chi connectivity index (χ0) is 8.39. The molecule has 0 unspecified atom stereocenters. The molecule has 0 aromatic carbocycles. The molecule has 0 atom stereocenters. The van der Waals surface area contributed by atoms with E-state index in [1.54, 1.807) is 17.7 Å². The first kappa shape index (κ1) is 8.61. The molecule has 2 aromatic heterocycles. The number of hydrogen-bond acceptors (Lipinski definition) is 6. The van der Waals surface area contributed by atoms with Gasteiger partial charge in [-0.15, -0.1) is 11.3 Å². The molecule has 12 heavy (non-hydrogen) atoms. The lowest BCUT2D eigenvalue weighted by molar-refractivity contribution is 1.18. The molecule has 0 aliphatic carbocycles. The van der Waals surface area contributed by atoms with Crippen LogP contribution in [0.1, 0.15) is 0 Å². The van der Waals surface area contributed by atoms with Crippen LogP contribution in [0.5, 0.6) is 0 Å². The Morgan fingerprint density at radius 3 is 2.92 bits per heavy atom. The van der Waals surface area contributed by atoms with Gasteiger partial charge in [-0.3, -0.25) is 0 Å². The van der Waals surface area contributed by atoms with Gasteiger partial charge in [-0.25, -0.2) is 9.97 Å². The molecule has 7 heteroatoms. The van der Waals surface area contributed by atoms with E-state index in [2.05, 4.69) is 30.3 Å². The minimum atomic E-state index is 0.875.